The van der Waals surface area contributed by atoms with Gasteiger partial charge in [-0.1, -0.05) is 17.7 Å². The van der Waals surface area contributed by atoms with Gasteiger partial charge in [-0.05, 0) is 63.9 Å². The number of furan rings is 1. The molecular weight excluding hydrogens is 350 g/mol. The van der Waals surface area contributed by atoms with Gasteiger partial charge in [-0.2, -0.15) is 0 Å². The number of fused-ring (bicyclic) bond motifs is 1. The van der Waals surface area contributed by atoms with E-state index in [-0.39, 0.29) is 10.7 Å². The molecule has 0 atom stereocenters. The SMILES string of the molecule is CC(=O)c1c(C)oc2cc(C)c(NS(=O)(=O)c3ccc(C)cc3)c(C)c12. The van der Waals surface area contributed by atoms with Crippen LogP contribution in [0, 0.1) is 27.7 Å². The van der Waals surface area contributed by atoms with Crippen molar-refractivity contribution >= 4 is 32.5 Å². The van der Waals surface area contributed by atoms with E-state index in [9.17, 15) is 13.2 Å². The van der Waals surface area contributed by atoms with Gasteiger partial charge in [0.1, 0.15) is 11.3 Å². The largest absolute Gasteiger partial charge is 0.461 e. The molecule has 3 aromatic rings. The molecule has 0 saturated carbocycles. The predicted octanol–water partition coefficient (Wildman–Crippen LogP) is 4.67. The third-order valence-corrected chi connectivity index (χ3v) is 5.89. The molecule has 0 fully saturated rings. The lowest BCUT2D eigenvalue weighted by atomic mass is 9.99. The number of Topliss-reactive ketones (excluding diaryl/α,β-unsaturated/α-hetero) is 1. The van der Waals surface area contributed by atoms with E-state index in [2.05, 4.69) is 4.72 Å². The Morgan fingerprint density at radius 1 is 1.04 bits per heavy atom. The standard InChI is InChI=1S/C20H21NO4S/c1-11-6-8-16(9-7-11)26(23,24)21-20-12(2)10-17-18(13(20)3)19(14(4)22)15(5)25-17/h6-10,21H,1-5H3. The number of ketones is 1. The van der Waals surface area contributed by atoms with Gasteiger partial charge < -0.3 is 4.42 Å². The van der Waals surface area contributed by atoms with Crippen molar-refractivity contribution in [1.82, 2.24) is 0 Å². The number of hydrogen-bond donors (Lipinski definition) is 1. The fraction of sp³-hybridized carbons (Fsp3) is 0.250. The van der Waals surface area contributed by atoms with Crippen LogP contribution in [-0.2, 0) is 10.0 Å². The quantitative estimate of drug-likeness (QED) is 0.676. The molecule has 6 heteroatoms. The summed E-state index contributed by atoms with van der Waals surface area (Å²) in [7, 11) is -3.74. The Morgan fingerprint density at radius 2 is 1.65 bits per heavy atom. The molecule has 0 unspecified atom stereocenters. The van der Waals surface area contributed by atoms with E-state index in [1.165, 1.54) is 6.92 Å². The molecule has 0 amide bonds. The summed E-state index contributed by atoms with van der Waals surface area (Å²) >= 11 is 0. The number of benzene rings is 2. The molecule has 1 N–H and O–H groups in total. The van der Waals surface area contributed by atoms with Crippen LogP contribution < -0.4 is 4.72 Å². The lowest BCUT2D eigenvalue weighted by Gasteiger charge is -2.14. The minimum atomic E-state index is -3.74. The van der Waals surface area contributed by atoms with Crippen LogP contribution in [0.25, 0.3) is 11.0 Å². The smallest absolute Gasteiger partial charge is 0.261 e. The molecule has 0 aliphatic heterocycles. The highest BCUT2D eigenvalue weighted by atomic mass is 32.2. The first-order chi connectivity index (χ1) is 12.1. The molecule has 5 nitrogen and oxygen atoms in total. The monoisotopic (exact) mass is 371 g/mol. The maximum atomic E-state index is 12.8. The van der Waals surface area contributed by atoms with Gasteiger partial charge >= 0.3 is 0 Å². The van der Waals surface area contributed by atoms with Gasteiger partial charge in [0.05, 0.1) is 16.1 Å². The van der Waals surface area contributed by atoms with Gasteiger partial charge in [0.25, 0.3) is 10.0 Å². The number of carbonyl (C=O) groups is 1. The van der Waals surface area contributed by atoms with Crippen molar-refractivity contribution < 1.29 is 17.6 Å². The molecule has 0 radical (unpaired) electrons. The van der Waals surface area contributed by atoms with Crippen molar-refractivity contribution in [3.8, 4) is 0 Å². The summed E-state index contributed by atoms with van der Waals surface area (Å²) in [6, 6.07) is 8.41. The summed E-state index contributed by atoms with van der Waals surface area (Å²) in [6.07, 6.45) is 0. The Labute approximate surface area is 153 Å². The second-order valence-corrected chi connectivity index (χ2v) is 8.26. The van der Waals surface area contributed by atoms with Crippen LogP contribution in [0.5, 0.6) is 0 Å². The van der Waals surface area contributed by atoms with Gasteiger partial charge in [0, 0.05) is 5.39 Å². The number of sulfonamides is 1. The number of carbonyl (C=O) groups excluding carboxylic acids is 1. The summed E-state index contributed by atoms with van der Waals surface area (Å²) in [4.78, 5) is 12.2. The zero-order valence-corrected chi connectivity index (χ0v) is 16.2. The molecule has 1 heterocycles. The third-order valence-electron chi connectivity index (χ3n) is 4.52. The van der Waals surface area contributed by atoms with E-state index in [1.54, 1.807) is 44.2 Å². The highest BCUT2D eigenvalue weighted by Gasteiger charge is 2.23. The third kappa shape index (κ3) is 3.01. The van der Waals surface area contributed by atoms with E-state index >= 15 is 0 Å². The number of hydrogen-bond acceptors (Lipinski definition) is 4. The molecule has 0 saturated heterocycles. The molecule has 0 bridgehead atoms. The average molecular weight is 371 g/mol. The van der Waals surface area contributed by atoms with Crippen LogP contribution >= 0.6 is 0 Å². The summed E-state index contributed by atoms with van der Waals surface area (Å²) in [5, 5.41) is 0.655. The molecule has 26 heavy (non-hydrogen) atoms. The summed E-state index contributed by atoms with van der Waals surface area (Å²) in [5.74, 6) is 0.425. The van der Waals surface area contributed by atoms with Gasteiger partial charge in [0.15, 0.2) is 5.78 Å². The predicted molar refractivity (Wildman–Crippen MR) is 102 cm³/mol. The Balaban J connectivity index is 2.17. The molecule has 0 spiro atoms. The number of rotatable bonds is 4. The number of anilines is 1. The van der Waals surface area contributed by atoms with Crippen LogP contribution in [0.3, 0.4) is 0 Å². The molecule has 2 aromatic carbocycles. The van der Waals surface area contributed by atoms with Gasteiger partial charge in [-0.25, -0.2) is 8.42 Å². The van der Waals surface area contributed by atoms with Gasteiger partial charge in [0.2, 0.25) is 0 Å². The Bertz CT molecular complexity index is 1120. The minimum Gasteiger partial charge on any atom is -0.461 e. The van der Waals surface area contributed by atoms with Crippen molar-refractivity contribution in [3.63, 3.8) is 0 Å². The maximum Gasteiger partial charge on any atom is 0.261 e. The molecular formula is C20H21NO4S. The van der Waals surface area contributed by atoms with Crippen molar-refractivity contribution in [2.75, 3.05) is 4.72 Å². The van der Waals surface area contributed by atoms with Crippen molar-refractivity contribution in [2.45, 2.75) is 39.5 Å². The normalized spacial score (nSPS) is 11.7. The lowest BCUT2D eigenvalue weighted by Crippen LogP contribution is -2.15. The number of aryl methyl sites for hydroxylation is 4. The molecule has 136 valence electrons. The van der Waals surface area contributed by atoms with Gasteiger partial charge in [-0.15, -0.1) is 0 Å². The molecule has 3 rings (SSSR count). The average Bonchev–Trinajstić information content (AvgIpc) is 2.88. The second kappa shape index (κ2) is 6.29. The number of nitrogens with one attached hydrogen (secondary N) is 1. The van der Waals surface area contributed by atoms with E-state index in [1.807, 2.05) is 13.8 Å². The van der Waals surface area contributed by atoms with Crippen LogP contribution in [0.2, 0.25) is 0 Å². The van der Waals surface area contributed by atoms with E-state index in [4.69, 9.17) is 4.42 Å². The van der Waals surface area contributed by atoms with Crippen molar-refractivity contribution in [3.05, 3.63) is 58.3 Å². The summed E-state index contributed by atoms with van der Waals surface area (Å²) < 4.78 is 33.9. The maximum absolute atomic E-state index is 12.8. The van der Waals surface area contributed by atoms with E-state index < -0.39 is 10.0 Å². The van der Waals surface area contributed by atoms with Gasteiger partial charge in [-0.3, -0.25) is 9.52 Å². The van der Waals surface area contributed by atoms with Crippen molar-refractivity contribution in [1.29, 1.82) is 0 Å². The minimum absolute atomic E-state index is 0.111. The summed E-state index contributed by atoms with van der Waals surface area (Å²) in [5.41, 5.74) is 3.95. The highest BCUT2D eigenvalue weighted by Crippen LogP contribution is 2.36. The van der Waals surface area contributed by atoms with E-state index in [0.717, 1.165) is 11.1 Å². The van der Waals surface area contributed by atoms with Crippen LogP contribution in [0.4, 0.5) is 5.69 Å². The van der Waals surface area contributed by atoms with Crippen LogP contribution in [-0.4, -0.2) is 14.2 Å². The lowest BCUT2D eigenvalue weighted by molar-refractivity contribution is 0.101. The molecule has 0 aliphatic carbocycles. The Hall–Kier alpha value is -2.60. The van der Waals surface area contributed by atoms with Crippen LogP contribution in [0.1, 0.15) is 39.7 Å². The zero-order chi connectivity index (χ0) is 19.2. The molecule has 1 aromatic heterocycles. The van der Waals surface area contributed by atoms with Crippen molar-refractivity contribution in [2.24, 2.45) is 0 Å². The fourth-order valence-corrected chi connectivity index (χ4v) is 4.42. The first-order valence-electron chi connectivity index (χ1n) is 8.25. The van der Waals surface area contributed by atoms with E-state index in [0.29, 0.717) is 33.5 Å². The Kier molecular flexibility index (Phi) is 4.40. The summed E-state index contributed by atoms with van der Waals surface area (Å²) in [6.45, 7) is 8.72. The van der Waals surface area contributed by atoms with Crippen LogP contribution in [0.15, 0.2) is 39.6 Å². The first-order valence-corrected chi connectivity index (χ1v) is 9.74. The topological polar surface area (TPSA) is 76.4 Å². The zero-order valence-electron chi connectivity index (χ0n) is 15.4. The first kappa shape index (κ1) is 18.2. The Morgan fingerprint density at radius 3 is 2.23 bits per heavy atom. The fourth-order valence-electron chi connectivity index (χ4n) is 3.22. The highest BCUT2D eigenvalue weighted by molar-refractivity contribution is 7.92. The molecule has 0 aliphatic rings. The second-order valence-electron chi connectivity index (χ2n) is 6.57.